The van der Waals surface area contributed by atoms with Gasteiger partial charge in [-0.3, -0.25) is 0 Å². The summed E-state index contributed by atoms with van der Waals surface area (Å²) in [6, 6.07) is 0. The molecule has 1 aliphatic heterocycles. The molecule has 0 amide bonds. The van der Waals surface area contributed by atoms with Crippen molar-refractivity contribution in [3.05, 3.63) is 23.3 Å². The first-order valence-corrected chi connectivity index (χ1v) is 13.7. The second-order valence-corrected chi connectivity index (χ2v) is 13.6. The molecule has 1 heterocycles. The molecule has 0 aromatic carbocycles. The molecule has 186 valence electrons. The standard InChI is InChI=1S/C30H48O3/c1-18(2)16-19-17-21(27(32-7)33-19)20-12-14-29(5)22(20)8-9-24-23(29)10-11-25-28(3,4)26(31)13-15-30(24,25)6/h10,16,19-22,24-27,31H,8-9,11-15,17H2,1-7H3. The lowest BCUT2D eigenvalue weighted by Gasteiger charge is -2.62. The average molecular weight is 457 g/mol. The molecule has 5 rings (SSSR count). The monoisotopic (exact) mass is 456 g/mol. The van der Waals surface area contributed by atoms with Crippen molar-refractivity contribution in [3.63, 3.8) is 0 Å². The number of ether oxygens (including phenoxy) is 2. The molecule has 3 nitrogen and oxygen atoms in total. The van der Waals surface area contributed by atoms with E-state index >= 15 is 0 Å². The van der Waals surface area contributed by atoms with Gasteiger partial charge in [0.15, 0.2) is 6.29 Å². The van der Waals surface area contributed by atoms with E-state index in [4.69, 9.17) is 9.47 Å². The second-order valence-electron chi connectivity index (χ2n) is 13.6. The molecule has 0 aromatic heterocycles. The molecule has 1 N–H and O–H groups in total. The van der Waals surface area contributed by atoms with Crippen LogP contribution < -0.4 is 0 Å². The zero-order valence-electron chi connectivity index (χ0n) is 22.2. The summed E-state index contributed by atoms with van der Waals surface area (Å²) in [6.07, 6.45) is 14.6. The van der Waals surface area contributed by atoms with Gasteiger partial charge >= 0.3 is 0 Å². The minimum Gasteiger partial charge on any atom is -0.393 e. The maximum atomic E-state index is 10.8. The fourth-order valence-corrected chi connectivity index (χ4v) is 9.79. The molecule has 0 bridgehead atoms. The smallest absolute Gasteiger partial charge is 0.161 e. The maximum absolute atomic E-state index is 10.8. The highest BCUT2D eigenvalue weighted by Crippen LogP contribution is 2.69. The van der Waals surface area contributed by atoms with Gasteiger partial charge in [0.25, 0.3) is 0 Å². The highest BCUT2D eigenvalue weighted by atomic mass is 16.7. The van der Waals surface area contributed by atoms with Gasteiger partial charge < -0.3 is 14.6 Å². The molecule has 4 aliphatic carbocycles. The van der Waals surface area contributed by atoms with Crippen LogP contribution in [0, 0.1) is 45.8 Å². The van der Waals surface area contributed by atoms with E-state index in [-0.39, 0.29) is 23.9 Å². The van der Waals surface area contributed by atoms with E-state index in [0.29, 0.717) is 34.5 Å². The van der Waals surface area contributed by atoms with Crippen LogP contribution in [0.4, 0.5) is 0 Å². The number of methoxy groups -OCH3 is 1. The van der Waals surface area contributed by atoms with Crippen LogP contribution in [0.3, 0.4) is 0 Å². The van der Waals surface area contributed by atoms with E-state index in [1.807, 2.05) is 7.11 Å². The van der Waals surface area contributed by atoms with Crippen molar-refractivity contribution in [2.45, 2.75) is 111 Å². The molecule has 3 heteroatoms. The summed E-state index contributed by atoms with van der Waals surface area (Å²) in [4.78, 5) is 0. The van der Waals surface area contributed by atoms with Gasteiger partial charge in [0.1, 0.15) is 0 Å². The Bertz CT molecular complexity index is 822. The highest BCUT2D eigenvalue weighted by Gasteiger charge is 2.62. The molecule has 10 unspecified atom stereocenters. The van der Waals surface area contributed by atoms with Gasteiger partial charge in [-0.2, -0.15) is 0 Å². The fraction of sp³-hybridized carbons (Fsp3) is 0.867. The predicted molar refractivity (Wildman–Crippen MR) is 134 cm³/mol. The Labute approximate surface area is 202 Å². The third kappa shape index (κ3) is 3.54. The van der Waals surface area contributed by atoms with Crippen molar-refractivity contribution in [2.75, 3.05) is 7.11 Å². The molecule has 10 atom stereocenters. The highest BCUT2D eigenvalue weighted by molar-refractivity contribution is 5.31. The van der Waals surface area contributed by atoms with E-state index in [0.717, 1.165) is 25.2 Å². The molecule has 5 aliphatic rings. The summed E-state index contributed by atoms with van der Waals surface area (Å²) < 4.78 is 12.2. The topological polar surface area (TPSA) is 38.7 Å². The van der Waals surface area contributed by atoms with E-state index in [1.54, 1.807) is 5.57 Å². The maximum Gasteiger partial charge on any atom is 0.161 e. The van der Waals surface area contributed by atoms with Crippen LogP contribution in [0.25, 0.3) is 0 Å². The number of allylic oxidation sites excluding steroid dienone is 3. The molecular weight excluding hydrogens is 408 g/mol. The van der Waals surface area contributed by atoms with Crippen LogP contribution in [0.5, 0.6) is 0 Å². The molecule has 0 aromatic rings. The summed E-state index contributed by atoms with van der Waals surface area (Å²) in [5.74, 6) is 3.24. The Hall–Kier alpha value is -0.640. The van der Waals surface area contributed by atoms with E-state index in [9.17, 15) is 5.11 Å². The zero-order chi connectivity index (χ0) is 23.8. The summed E-state index contributed by atoms with van der Waals surface area (Å²) in [5.41, 5.74) is 3.80. The number of aliphatic hydroxyl groups is 1. The first kappa shape index (κ1) is 24.1. The van der Waals surface area contributed by atoms with Crippen LogP contribution in [0.1, 0.15) is 92.9 Å². The molecule has 3 saturated carbocycles. The van der Waals surface area contributed by atoms with Gasteiger partial charge in [-0.05, 0) is 105 Å². The quantitative estimate of drug-likeness (QED) is 0.469. The number of aliphatic hydroxyl groups excluding tert-OH is 1. The minimum absolute atomic E-state index is 0.0117. The first-order chi connectivity index (χ1) is 15.5. The largest absolute Gasteiger partial charge is 0.393 e. The Kier molecular flexibility index (Phi) is 5.98. The zero-order valence-corrected chi connectivity index (χ0v) is 22.2. The van der Waals surface area contributed by atoms with Crippen LogP contribution in [0.2, 0.25) is 0 Å². The van der Waals surface area contributed by atoms with Gasteiger partial charge in [0, 0.05) is 13.0 Å². The fourth-order valence-electron chi connectivity index (χ4n) is 9.79. The molecule has 0 radical (unpaired) electrons. The molecule has 0 spiro atoms. The lowest BCUT2D eigenvalue weighted by Crippen LogP contribution is -2.56. The lowest BCUT2D eigenvalue weighted by atomic mass is 9.43. The predicted octanol–water partition coefficient (Wildman–Crippen LogP) is 6.91. The van der Waals surface area contributed by atoms with Crippen molar-refractivity contribution >= 4 is 0 Å². The van der Waals surface area contributed by atoms with E-state index < -0.39 is 0 Å². The van der Waals surface area contributed by atoms with E-state index in [2.05, 4.69) is 53.7 Å². The van der Waals surface area contributed by atoms with Gasteiger partial charge in [-0.15, -0.1) is 0 Å². The van der Waals surface area contributed by atoms with Gasteiger partial charge in [-0.1, -0.05) is 51.0 Å². The van der Waals surface area contributed by atoms with Crippen molar-refractivity contribution in [1.82, 2.24) is 0 Å². The summed E-state index contributed by atoms with van der Waals surface area (Å²) in [6.45, 7) is 14.2. The van der Waals surface area contributed by atoms with Gasteiger partial charge in [0.05, 0.1) is 12.2 Å². The van der Waals surface area contributed by atoms with Crippen molar-refractivity contribution in [1.29, 1.82) is 0 Å². The second kappa shape index (κ2) is 8.20. The lowest BCUT2D eigenvalue weighted by molar-refractivity contribution is -0.139. The first-order valence-electron chi connectivity index (χ1n) is 13.7. The number of hydrogen-bond donors (Lipinski definition) is 1. The van der Waals surface area contributed by atoms with Gasteiger partial charge in [-0.25, -0.2) is 0 Å². The molecule has 33 heavy (non-hydrogen) atoms. The third-order valence-electron chi connectivity index (χ3n) is 11.5. The average Bonchev–Trinajstić information content (AvgIpc) is 3.31. The van der Waals surface area contributed by atoms with Crippen molar-refractivity contribution in [3.8, 4) is 0 Å². The number of fused-ring (bicyclic) bond motifs is 5. The van der Waals surface area contributed by atoms with Crippen molar-refractivity contribution in [2.24, 2.45) is 45.8 Å². The number of hydrogen-bond acceptors (Lipinski definition) is 3. The Morgan fingerprint density at radius 3 is 2.52 bits per heavy atom. The van der Waals surface area contributed by atoms with Crippen LogP contribution in [-0.4, -0.2) is 30.7 Å². The molecule has 1 saturated heterocycles. The SMILES string of the molecule is COC1OC(C=C(C)C)CC1C1CCC2(C)C3=CCC4C(C)(C)C(O)CCC4(C)C3CCC12. The van der Waals surface area contributed by atoms with Gasteiger partial charge in [0.2, 0.25) is 0 Å². The Balaban J connectivity index is 1.42. The molecule has 4 fully saturated rings. The normalized spacial score (nSPS) is 50.7. The summed E-state index contributed by atoms with van der Waals surface area (Å²) >= 11 is 0. The third-order valence-corrected chi connectivity index (χ3v) is 11.5. The van der Waals surface area contributed by atoms with E-state index in [1.165, 1.54) is 37.7 Å². The van der Waals surface area contributed by atoms with Crippen LogP contribution >= 0.6 is 0 Å². The van der Waals surface area contributed by atoms with Crippen LogP contribution in [-0.2, 0) is 9.47 Å². The summed E-state index contributed by atoms with van der Waals surface area (Å²) in [5, 5.41) is 10.8. The van der Waals surface area contributed by atoms with Crippen LogP contribution in [0.15, 0.2) is 23.3 Å². The van der Waals surface area contributed by atoms with Crippen molar-refractivity contribution < 1.29 is 14.6 Å². The summed E-state index contributed by atoms with van der Waals surface area (Å²) in [7, 11) is 1.83. The molecular formula is C30H48O3. The number of rotatable bonds is 3. The Morgan fingerprint density at radius 1 is 1.06 bits per heavy atom. The minimum atomic E-state index is -0.157. The Morgan fingerprint density at radius 2 is 1.82 bits per heavy atom.